The minimum Gasteiger partial charge on any atom is -0.465 e. The number of anilines is 1. The number of pyridine rings is 1. The Bertz CT molecular complexity index is 706. The van der Waals surface area contributed by atoms with Crippen molar-refractivity contribution in [3.05, 3.63) is 57.3 Å². The molecule has 0 bridgehead atoms. The summed E-state index contributed by atoms with van der Waals surface area (Å²) in [5.74, 6) is -0.890. The van der Waals surface area contributed by atoms with Gasteiger partial charge in [-0.3, -0.25) is 4.79 Å². The molecule has 2 rings (SSSR count). The number of benzene rings is 1. The second-order valence-corrected chi connectivity index (χ2v) is 5.23. The highest BCUT2D eigenvalue weighted by atomic mass is 79.9. The number of ether oxygens (including phenoxy) is 1. The van der Waals surface area contributed by atoms with Crippen molar-refractivity contribution in [3.8, 4) is 0 Å². The van der Waals surface area contributed by atoms with Crippen molar-refractivity contribution < 1.29 is 14.3 Å². The van der Waals surface area contributed by atoms with Crippen LogP contribution in [0.5, 0.6) is 0 Å². The lowest BCUT2D eigenvalue weighted by atomic mass is 10.2. The van der Waals surface area contributed by atoms with E-state index in [0.29, 0.717) is 15.9 Å². The van der Waals surface area contributed by atoms with Gasteiger partial charge in [0.25, 0.3) is 5.91 Å². The molecule has 108 valence electrons. The third-order valence-electron chi connectivity index (χ3n) is 2.62. The van der Waals surface area contributed by atoms with Crippen LogP contribution in [0.3, 0.4) is 0 Å². The van der Waals surface area contributed by atoms with E-state index in [-0.39, 0.29) is 16.5 Å². The molecule has 0 aliphatic rings. The van der Waals surface area contributed by atoms with Gasteiger partial charge in [0.1, 0.15) is 4.60 Å². The SMILES string of the molecule is COC(=O)c1cc(NC(=O)c2ccnc(Br)c2)ccc1Cl. The summed E-state index contributed by atoms with van der Waals surface area (Å²) in [6.07, 6.45) is 1.51. The molecule has 1 N–H and O–H groups in total. The first kappa shape index (κ1) is 15.5. The number of nitrogens with zero attached hydrogens (tertiary/aromatic N) is 1. The number of carbonyl (C=O) groups is 2. The molecule has 0 atom stereocenters. The molecule has 21 heavy (non-hydrogen) atoms. The Labute approximate surface area is 134 Å². The summed E-state index contributed by atoms with van der Waals surface area (Å²) in [5.41, 5.74) is 1.07. The summed E-state index contributed by atoms with van der Waals surface area (Å²) in [7, 11) is 1.26. The number of hydrogen-bond acceptors (Lipinski definition) is 4. The van der Waals surface area contributed by atoms with E-state index in [0.717, 1.165) is 0 Å². The van der Waals surface area contributed by atoms with E-state index < -0.39 is 5.97 Å². The molecular formula is C14H10BrClN2O3. The van der Waals surface area contributed by atoms with Gasteiger partial charge in [0.05, 0.1) is 17.7 Å². The first-order valence-electron chi connectivity index (χ1n) is 5.82. The Kier molecular flexibility index (Phi) is 4.93. The van der Waals surface area contributed by atoms with Crippen LogP contribution in [0.15, 0.2) is 41.1 Å². The summed E-state index contributed by atoms with van der Waals surface area (Å²) in [6, 6.07) is 7.75. The highest BCUT2D eigenvalue weighted by Crippen LogP contribution is 2.22. The average molecular weight is 370 g/mol. The van der Waals surface area contributed by atoms with Gasteiger partial charge < -0.3 is 10.1 Å². The van der Waals surface area contributed by atoms with E-state index in [1.807, 2.05) is 0 Å². The van der Waals surface area contributed by atoms with Gasteiger partial charge in [0.15, 0.2) is 0 Å². The summed E-state index contributed by atoms with van der Waals surface area (Å²) >= 11 is 9.11. The van der Waals surface area contributed by atoms with Crippen molar-refractivity contribution in [3.63, 3.8) is 0 Å². The maximum atomic E-state index is 12.1. The van der Waals surface area contributed by atoms with Gasteiger partial charge in [-0.05, 0) is 46.3 Å². The predicted octanol–water partition coefficient (Wildman–Crippen LogP) is 3.54. The number of aromatic nitrogens is 1. The van der Waals surface area contributed by atoms with E-state index in [2.05, 4.69) is 31.0 Å². The summed E-state index contributed by atoms with van der Waals surface area (Å²) in [6.45, 7) is 0. The zero-order chi connectivity index (χ0) is 15.4. The molecule has 0 saturated carbocycles. The highest BCUT2D eigenvalue weighted by Gasteiger charge is 2.13. The van der Waals surface area contributed by atoms with Crippen LogP contribution >= 0.6 is 27.5 Å². The monoisotopic (exact) mass is 368 g/mol. The second-order valence-electron chi connectivity index (χ2n) is 4.01. The molecule has 0 spiro atoms. The first-order chi connectivity index (χ1) is 10.0. The molecule has 1 aromatic carbocycles. The van der Waals surface area contributed by atoms with Crippen LogP contribution in [0.4, 0.5) is 5.69 Å². The van der Waals surface area contributed by atoms with Crippen LogP contribution in [0.25, 0.3) is 0 Å². The van der Waals surface area contributed by atoms with Gasteiger partial charge in [-0.1, -0.05) is 11.6 Å². The Morgan fingerprint density at radius 3 is 2.71 bits per heavy atom. The topological polar surface area (TPSA) is 68.3 Å². The van der Waals surface area contributed by atoms with Gasteiger partial charge in [-0.25, -0.2) is 9.78 Å². The molecule has 0 unspecified atom stereocenters. The number of hydrogen-bond donors (Lipinski definition) is 1. The molecular weight excluding hydrogens is 360 g/mol. The van der Waals surface area contributed by atoms with E-state index in [4.69, 9.17) is 11.6 Å². The van der Waals surface area contributed by atoms with Gasteiger partial charge in [-0.15, -0.1) is 0 Å². The Balaban J connectivity index is 2.24. The molecule has 5 nitrogen and oxygen atoms in total. The molecule has 0 aliphatic carbocycles. The number of nitrogens with one attached hydrogen (secondary N) is 1. The van der Waals surface area contributed by atoms with E-state index in [1.165, 1.54) is 25.4 Å². The number of halogens is 2. The molecule has 1 aromatic heterocycles. The first-order valence-corrected chi connectivity index (χ1v) is 6.99. The average Bonchev–Trinajstić information content (AvgIpc) is 2.48. The van der Waals surface area contributed by atoms with Crippen molar-refractivity contribution in [1.29, 1.82) is 0 Å². The second kappa shape index (κ2) is 6.69. The molecule has 0 saturated heterocycles. The number of rotatable bonds is 3. The number of methoxy groups -OCH3 is 1. The summed E-state index contributed by atoms with van der Waals surface area (Å²) in [5, 5.41) is 2.93. The van der Waals surface area contributed by atoms with Gasteiger partial charge >= 0.3 is 5.97 Å². The predicted molar refractivity (Wildman–Crippen MR) is 82.7 cm³/mol. The number of carbonyl (C=O) groups excluding carboxylic acids is 2. The minimum atomic E-state index is -0.567. The van der Waals surface area contributed by atoms with Crippen molar-refractivity contribution in [2.24, 2.45) is 0 Å². The van der Waals surface area contributed by atoms with Crippen molar-refractivity contribution >= 4 is 45.1 Å². The fourth-order valence-corrected chi connectivity index (χ4v) is 2.18. The smallest absolute Gasteiger partial charge is 0.339 e. The fraction of sp³-hybridized carbons (Fsp3) is 0.0714. The third kappa shape index (κ3) is 3.80. The Hall–Kier alpha value is -1.92. The van der Waals surface area contributed by atoms with Crippen molar-refractivity contribution in [2.75, 3.05) is 12.4 Å². The quantitative estimate of drug-likeness (QED) is 0.664. The standard InChI is InChI=1S/C14H10BrClN2O3/c1-21-14(20)10-7-9(2-3-11(10)16)18-13(19)8-4-5-17-12(15)6-8/h2-7H,1H3,(H,18,19). The minimum absolute atomic E-state index is 0.188. The lowest BCUT2D eigenvalue weighted by Crippen LogP contribution is -2.13. The third-order valence-corrected chi connectivity index (χ3v) is 3.38. The maximum Gasteiger partial charge on any atom is 0.339 e. The summed E-state index contributed by atoms with van der Waals surface area (Å²) < 4.78 is 5.18. The van der Waals surface area contributed by atoms with Crippen LogP contribution < -0.4 is 5.32 Å². The fourth-order valence-electron chi connectivity index (χ4n) is 1.62. The van der Waals surface area contributed by atoms with Crippen LogP contribution in [-0.4, -0.2) is 24.0 Å². The van der Waals surface area contributed by atoms with Gasteiger partial charge in [0, 0.05) is 17.4 Å². The van der Waals surface area contributed by atoms with Crippen molar-refractivity contribution in [1.82, 2.24) is 4.98 Å². The normalized spacial score (nSPS) is 10.0. The van der Waals surface area contributed by atoms with Crippen LogP contribution in [0.1, 0.15) is 20.7 Å². The van der Waals surface area contributed by atoms with Gasteiger partial charge in [-0.2, -0.15) is 0 Å². The maximum absolute atomic E-state index is 12.1. The molecule has 1 amide bonds. The molecule has 1 heterocycles. The zero-order valence-corrected chi connectivity index (χ0v) is 13.2. The van der Waals surface area contributed by atoms with E-state index in [1.54, 1.807) is 18.2 Å². The lowest BCUT2D eigenvalue weighted by Gasteiger charge is -2.08. The lowest BCUT2D eigenvalue weighted by molar-refractivity contribution is 0.0600. The van der Waals surface area contributed by atoms with E-state index in [9.17, 15) is 9.59 Å². The Morgan fingerprint density at radius 1 is 1.29 bits per heavy atom. The molecule has 0 radical (unpaired) electrons. The molecule has 2 aromatic rings. The van der Waals surface area contributed by atoms with Crippen LogP contribution in [-0.2, 0) is 4.74 Å². The zero-order valence-electron chi connectivity index (χ0n) is 10.9. The molecule has 0 fully saturated rings. The molecule has 7 heteroatoms. The summed E-state index contributed by atoms with van der Waals surface area (Å²) in [4.78, 5) is 27.6. The van der Waals surface area contributed by atoms with Crippen LogP contribution in [0, 0.1) is 0 Å². The number of amides is 1. The molecule has 0 aliphatic heterocycles. The number of esters is 1. The van der Waals surface area contributed by atoms with E-state index >= 15 is 0 Å². The highest BCUT2D eigenvalue weighted by molar-refractivity contribution is 9.10. The van der Waals surface area contributed by atoms with Crippen molar-refractivity contribution in [2.45, 2.75) is 0 Å². The Morgan fingerprint density at radius 2 is 2.05 bits per heavy atom. The largest absolute Gasteiger partial charge is 0.465 e. The van der Waals surface area contributed by atoms with Crippen LogP contribution in [0.2, 0.25) is 5.02 Å². The van der Waals surface area contributed by atoms with Gasteiger partial charge in [0.2, 0.25) is 0 Å².